The van der Waals surface area contributed by atoms with Gasteiger partial charge in [0, 0.05) is 13.1 Å². The van der Waals surface area contributed by atoms with Gasteiger partial charge in [-0.2, -0.15) is 0 Å². The molecule has 124 valence electrons. The number of nitrogens with zero attached hydrogens (tertiary/aromatic N) is 1. The van der Waals surface area contributed by atoms with E-state index in [1.807, 2.05) is 60.7 Å². The largest absolute Gasteiger partial charge is 0.460 e. The number of amides is 1. The van der Waals surface area contributed by atoms with Gasteiger partial charge in [0.05, 0.1) is 5.92 Å². The Morgan fingerprint density at radius 2 is 1.33 bits per heavy atom. The number of rotatable bonds is 5. The summed E-state index contributed by atoms with van der Waals surface area (Å²) in [6.45, 7) is 1.19. The number of carbonyl (C=O) groups excluding carboxylic acids is 2. The van der Waals surface area contributed by atoms with Crippen molar-refractivity contribution in [1.82, 2.24) is 4.90 Å². The average molecular weight is 325 g/mol. The number of likely N-dealkylation sites (tertiary alicyclic amines) is 1. The van der Waals surface area contributed by atoms with Gasteiger partial charge in [-0.1, -0.05) is 60.7 Å². The Balaban J connectivity index is 1.37. The van der Waals surface area contributed by atoms with E-state index < -0.39 is 6.09 Å². The monoisotopic (exact) mass is 325 g/mol. The van der Waals surface area contributed by atoms with E-state index in [0.717, 1.165) is 11.1 Å². The molecule has 0 unspecified atom stereocenters. The van der Waals surface area contributed by atoms with Crippen molar-refractivity contribution < 1.29 is 19.1 Å². The van der Waals surface area contributed by atoms with E-state index >= 15 is 0 Å². The lowest BCUT2D eigenvalue weighted by atomic mass is 10.0. The predicted molar refractivity (Wildman–Crippen MR) is 87.9 cm³/mol. The Labute approximate surface area is 140 Å². The van der Waals surface area contributed by atoms with Crippen LogP contribution in [0.25, 0.3) is 0 Å². The molecule has 5 nitrogen and oxygen atoms in total. The van der Waals surface area contributed by atoms with Crippen LogP contribution in [0.4, 0.5) is 4.79 Å². The van der Waals surface area contributed by atoms with E-state index in [4.69, 9.17) is 9.47 Å². The number of ether oxygens (including phenoxy) is 2. The molecule has 0 spiro atoms. The highest BCUT2D eigenvalue weighted by Gasteiger charge is 2.37. The molecule has 1 aliphatic rings. The second-order valence-electron chi connectivity index (χ2n) is 5.74. The van der Waals surface area contributed by atoms with Gasteiger partial charge in [-0.25, -0.2) is 4.79 Å². The number of esters is 1. The van der Waals surface area contributed by atoms with E-state index in [2.05, 4.69) is 0 Å². The maximum Gasteiger partial charge on any atom is 0.410 e. The molecule has 2 aromatic rings. The molecule has 0 N–H and O–H groups in total. The first-order valence-corrected chi connectivity index (χ1v) is 7.88. The van der Waals surface area contributed by atoms with Crippen LogP contribution in [0.1, 0.15) is 11.1 Å². The zero-order chi connectivity index (χ0) is 16.8. The van der Waals surface area contributed by atoms with Gasteiger partial charge < -0.3 is 14.4 Å². The number of benzene rings is 2. The number of hydrogen-bond acceptors (Lipinski definition) is 4. The summed E-state index contributed by atoms with van der Waals surface area (Å²) in [5.74, 6) is -0.538. The summed E-state index contributed by atoms with van der Waals surface area (Å²) in [6, 6.07) is 19.0. The van der Waals surface area contributed by atoms with E-state index in [0.29, 0.717) is 13.1 Å². The molecular formula is C19H19NO4. The summed E-state index contributed by atoms with van der Waals surface area (Å²) in [7, 11) is 0. The van der Waals surface area contributed by atoms with E-state index in [-0.39, 0.29) is 25.1 Å². The molecule has 5 heteroatoms. The molecule has 1 fully saturated rings. The Morgan fingerprint density at radius 3 is 1.88 bits per heavy atom. The minimum atomic E-state index is -0.397. The standard InChI is InChI=1S/C19H19NO4/c21-18(23-13-15-7-3-1-4-8-15)17-11-20(12-17)19(22)24-14-16-9-5-2-6-10-16/h1-10,17H,11-14H2. The minimum absolute atomic E-state index is 0.235. The SMILES string of the molecule is O=C(OCc1ccccc1)C1CN(C(=O)OCc2ccccc2)C1. The highest BCUT2D eigenvalue weighted by molar-refractivity contribution is 5.78. The second-order valence-corrected chi connectivity index (χ2v) is 5.74. The van der Waals surface area contributed by atoms with Crippen molar-refractivity contribution in [3.63, 3.8) is 0 Å². The number of carbonyl (C=O) groups is 2. The van der Waals surface area contributed by atoms with Crippen molar-refractivity contribution in [3.8, 4) is 0 Å². The lowest BCUT2D eigenvalue weighted by molar-refractivity contribution is -0.154. The number of hydrogen-bond donors (Lipinski definition) is 0. The van der Waals surface area contributed by atoms with Gasteiger partial charge in [-0.15, -0.1) is 0 Å². The fourth-order valence-corrected chi connectivity index (χ4v) is 2.43. The Morgan fingerprint density at radius 1 is 0.833 bits per heavy atom. The molecule has 0 aromatic heterocycles. The maximum absolute atomic E-state index is 11.9. The third kappa shape index (κ3) is 4.13. The molecule has 1 saturated heterocycles. The first kappa shape index (κ1) is 16.1. The van der Waals surface area contributed by atoms with Crippen molar-refractivity contribution in [2.45, 2.75) is 13.2 Å². The molecule has 0 aliphatic carbocycles. The van der Waals surface area contributed by atoms with Crippen LogP contribution in [0.2, 0.25) is 0 Å². The molecule has 24 heavy (non-hydrogen) atoms. The molecule has 2 aromatic carbocycles. The maximum atomic E-state index is 11.9. The highest BCUT2D eigenvalue weighted by Crippen LogP contribution is 2.19. The van der Waals surface area contributed by atoms with Gasteiger partial charge in [0.1, 0.15) is 13.2 Å². The predicted octanol–water partition coefficient (Wildman–Crippen LogP) is 3.00. The summed E-state index contributed by atoms with van der Waals surface area (Å²) in [5.41, 5.74) is 1.88. The van der Waals surface area contributed by atoms with Gasteiger partial charge in [-0.3, -0.25) is 4.79 Å². The van der Waals surface area contributed by atoms with E-state index in [1.165, 1.54) is 4.90 Å². The zero-order valence-corrected chi connectivity index (χ0v) is 13.3. The third-order valence-electron chi connectivity index (χ3n) is 3.90. The van der Waals surface area contributed by atoms with Crippen LogP contribution in [0, 0.1) is 5.92 Å². The second kappa shape index (κ2) is 7.64. The summed E-state index contributed by atoms with van der Waals surface area (Å²) in [5, 5.41) is 0. The van der Waals surface area contributed by atoms with Crippen LogP contribution in [0.5, 0.6) is 0 Å². The zero-order valence-electron chi connectivity index (χ0n) is 13.3. The van der Waals surface area contributed by atoms with Crippen molar-refractivity contribution in [2.24, 2.45) is 5.92 Å². The fourth-order valence-electron chi connectivity index (χ4n) is 2.43. The van der Waals surface area contributed by atoms with Crippen molar-refractivity contribution in [3.05, 3.63) is 71.8 Å². The average Bonchev–Trinajstić information content (AvgIpc) is 2.59. The lowest BCUT2D eigenvalue weighted by Crippen LogP contribution is -2.53. The Kier molecular flexibility index (Phi) is 5.11. The topological polar surface area (TPSA) is 55.8 Å². The molecule has 1 amide bonds. The Hall–Kier alpha value is -2.82. The summed E-state index contributed by atoms with van der Waals surface area (Å²) >= 11 is 0. The highest BCUT2D eigenvalue weighted by atomic mass is 16.6. The van der Waals surface area contributed by atoms with Crippen LogP contribution >= 0.6 is 0 Å². The molecule has 1 heterocycles. The van der Waals surface area contributed by atoms with Gasteiger partial charge >= 0.3 is 12.1 Å². The minimum Gasteiger partial charge on any atom is -0.460 e. The van der Waals surface area contributed by atoms with Crippen molar-refractivity contribution in [1.29, 1.82) is 0 Å². The molecule has 1 aliphatic heterocycles. The van der Waals surface area contributed by atoms with Crippen LogP contribution in [-0.2, 0) is 27.5 Å². The first-order chi connectivity index (χ1) is 11.7. The quantitative estimate of drug-likeness (QED) is 0.793. The lowest BCUT2D eigenvalue weighted by Gasteiger charge is -2.36. The van der Waals surface area contributed by atoms with Gasteiger partial charge in [0.15, 0.2) is 0 Å². The van der Waals surface area contributed by atoms with Gasteiger partial charge in [-0.05, 0) is 11.1 Å². The van der Waals surface area contributed by atoms with Crippen LogP contribution < -0.4 is 0 Å². The summed E-state index contributed by atoms with van der Waals surface area (Å²) in [4.78, 5) is 25.4. The summed E-state index contributed by atoms with van der Waals surface area (Å²) in [6.07, 6.45) is -0.397. The van der Waals surface area contributed by atoms with E-state index in [9.17, 15) is 9.59 Å². The first-order valence-electron chi connectivity index (χ1n) is 7.88. The fraction of sp³-hybridized carbons (Fsp3) is 0.263. The van der Waals surface area contributed by atoms with Crippen LogP contribution in [0.3, 0.4) is 0 Å². The molecule has 0 saturated carbocycles. The smallest absolute Gasteiger partial charge is 0.410 e. The Bertz CT molecular complexity index is 622. The molecule has 0 radical (unpaired) electrons. The molecular weight excluding hydrogens is 306 g/mol. The van der Waals surface area contributed by atoms with E-state index in [1.54, 1.807) is 0 Å². The molecule has 0 bridgehead atoms. The van der Waals surface area contributed by atoms with Crippen LogP contribution in [-0.4, -0.2) is 30.1 Å². The van der Waals surface area contributed by atoms with Crippen molar-refractivity contribution in [2.75, 3.05) is 13.1 Å². The third-order valence-corrected chi connectivity index (χ3v) is 3.90. The summed E-state index contributed by atoms with van der Waals surface area (Å²) < 4.78 is 10.5. The molecule has 3 rings (SSSR count). The van der Waals surface area contributed by atoms with Gasteiger partial charge in [0.2, 0.25) is 0 Å². The normalized spacial score (nSPS) is 13.9. The molecule has 0 atom stereocenters. The van der Waals surface area contributed by atoms with Crippen molar-refractivity contribution >= 4 is 12.1 Å². The van der Waals surface area contributed by atoms with Crippen LogP contribution in [0.15, 0.2) is 60.7 Å². The van der Waals surface area contributed by atoms with Gasteiger partial charge in [0.25, 0.3) is 0 Å².